The van der Waals surface area contributed by atoms with Crippen molar-refractivity contribution in [2.75, 3.05) is 38.8 Å². The summed E-state index contributed by atoms with van der Waals surface area (Å²) in [5, 5.41) is 4.33. The zero-order valence-electron chi connectivity index (χ0n) is 24.7. The first-order valence-electron chi connectivity index (χ1n) is 14.5. The smallest absolute Gasteiger partial charge is 0.355 e. The number of rotatable bonds is 7. The Labute approximate surface area is 240 Å². The standard InChI is InChI=1S/C32H38N6O3/c1-18(2)26-28(19(3)12-13-34-26)38-31-24(30(36-32(38)39)37-15-14-33-17-20(37)4)16-23(21-10-11-21)27(35-31)22-8-7-9-25(40-5)29(22)41-6/h7-9,12-13,16,18,20-21,33H,10-11,14-15,17H2,1-6H3/t20-/m0/s1. The summed E-state index contributed by atoms with van der Waals surface area (Å²) >= 11 is 0. The molecule has 2 aliphatic rings. The van der Waals surface area contributed by atoms with Gasteiger partial charge in [-0.05, 0) is 73.9 Å². The maximum Gasteiger partial charge on any atom is 0.355 e. The molecule has 4 heterocycles. The molecule has 1 aliphatic carbocycles. The molecule has 9 heteroatoms. The predicted octanol–water partition coefficient (Wildman–Crippen LogP) is 4.97. The van der Waals surface area contributed by atoms with E-state index < -0.39 is 0 Å². The van der Waals surface area contributed by atoms with E-state index in [1.165, 1.54) is 0 Å². The van der Waals surface area contributed by atoms with E-state index in [4.69, 9.17) is 24.4 Å². The molecule has 1 atom stereocenters. The zero-order valence-corrected chi connectivity index (χ0v) is 24.7. The minimum atomic E-state index is -0.355. The third-order valence-electron chi connectivity index (χ3n) is 8.25. The summed E-state index contributed by atoms with van der Waals surface area (Å²) in [6.45, 7) is 10.8. The SMILES string of the molecule is COc1cccc(-c2nc3c(cc2C2CC2)c(N2CCNC[C@@H]2C)nc(=O)n3-c2c(C)ccnc2C(C)C)c1OC. The Bertz CT molecular complexity index is 1680. The van der Waals surface area contributed by atoms with Gasteiger partial charge in [0.25, 0.3) is 0 Å². The van der Waals surface area contributed by atoms with Gasteiger partial charge in [-0.2, -0.15) is 4.98 Å². The van der Waals surface area contributed by atoms with Crippen LogP contribution in [0.5, 0.6) is 11.5 Å². The van der Waals surface area contributed by atoms with Crippen molar-refractivity contribution in [3.63, 3.8) is 0 Å². The van der Waals surface area contributed by atoms with Gasteiger partial charge < -0.3 is 19.7 Å². The normalized spacial score (nSPS) is 17.3. The van der Waals surface area contributed by atoms with Crippen LogP contribution in [-0.4, -0.2) is 59.4 Å². The maximum atomic E-state index is 14.1. The molecule has 6 rings (SSSR count). The van der Waals surface area contributed by atoms with E-state index in [9.17, 15) is 4.79 Å². The van der Waals surface area contributed by atoms with Crippen LogP contribution >= 0.6 is 0 Å². The van der Waals surface area contributed by atoms with Crippen LogP contribution < -0.4 is 25.4 Å². The molecule has 4 aromatic rings. The summed E-state index contributed by atoms with van der Waals surface area (Å²) in [6.07, 6.45) is 3.99. The molecule has 3 aromatic heterocycles. The second-order valence-corrected chi connectivity index (χ2v) is 11.4. The van der Waals surface area contributed by atoms with Gasteiger partial charge in [-0.25, -0.2) is 14.3 Å². The van der Waals surface area contributed by atoms with Gasteiger partial charge in [-0.3, -0.25) is 4.98 Å². The highest BCUT2D eigenvalue weighted by molar-refractivity contribution is 5.92. The number of para-hydroxylation sites is 1. The number of pyridine rings is 2. The van der Waals surface area contributed by atoms with Crippen molar-refractivity contribution in [1.82, 2.24) is 24.8 Å². The van der Waals surface area contributed by atoms with E-state index in [2.05, 4.69) is 37.1 Å². The molecule has 1 saturated carbocycles. The molecule has 0 unspecified atom stereocenters. The number of fused-ring (bicyclic) bond motifs is 1. The molecule has 0 spiro atoms. The fraction of sp³-hybridized carbons (Fsp3) is 0.438. The van der Waals surface area contributed by atoms with E-state index in [0.717, 1.165) is 71.6 Å². The lowest BCUT2D eigenvalue weighted by atomic mass is 9.99. The molecule has 1 saturated heterocycles. The monoisotopic (exact) mass is 554 g/mol. The van der Waals surface area contributed by atoms with Crippen LogP contribution in [0.2, 0.25) is 0 Å². The van der Waals surface area contributed by atoms with Gasteiger partial charge in [0.15, 0.2) is 17.1 Å². The van der Waals surface area contributed by atoms with E-state index in [-0.39, 0.29) is 17.6 Å². The second kappa shape index (κ2) is 10.8. The minimum absolute atomic E-state index is 0.100. The van der Waals surface area contributed by atoms with Crippen molar-refractivity contribution < 1.29 is 9.47 Å². The number of ether oxygens (including phenoxy) is 2. The average molecular weight is 555 g/mol. The van der Waals surface area contributed by atoms with Crippen molar-refractivity contribution >= 4 is 16.9 Å². The first kappa shape index (κ1) is 27.2. The first-order chi connectivity index (χ1) is 19.8. The van der Waals surface area contributed by atoms with Crippen molar-refractivity contribution in [1.29, 1.82) is 0 Å². The number of nitrogens with one attached hydrogen (secondary N) is 1. The molecule has 2 fully saturated rings. The number of piperazine rings is 1. The highest BCUT2D eigenvalue weighted by atomic mass is 16.5. The van der Waals surface area contributed by atoms with Crippen LogP contribution in [0.25, 0.3) is 28.0 Å². The Hall–Kier alpha value is -3.98. The number of methoxy groups -OCH3 is 2. The summed E-state index contributed by atoms with van der Waals surface area (Å²) in [6, 6.07) is 10.2. The van der Waals surface area contributed by atoms with Crippen LogP contribution in [0.3, 0.4) is 0 Å². The van der Waals surface area contributed by atoms with Gasteiger partial charge in [-0.15, -0.1) is 0 Å². The van der Waals surface area contributed by atoms with Gasteiger partial charge in [0.2, 0.25) is 0 Å². The van der Waals surface area contributed by atoms with Gasteiger partial charge in [-0.1, -0.05) is 19.9 Å². The molecule has 214 valence electrons. The van der Waals surface area contributed by atoms with Crippen LogP contribution in [0.15, 0.2) is 41.3 Å². The molecule has 9 nitrogen and oxygen atoms in total. The van der Waals surface area contributed by atoms with Gasteiger partial charge in [0.05, 0.1) is 36.7 Å². The predicted molar refractivity (Wildman–Crippen MR) is 162 cm³/mol. The van der Waals surface area contributed by atoms with E-state index in [1.807, 2.05) is 31.2 Å². The molecule has 0 radical (unpaired) electrons. The van der Waals surface area contributed by atoms with Crippen LogP contribution in [0, 0.1) is 6.92 Å². The average Bonchev–Trinajstić information content (AvgIpc) is 3.82. The molecule has 41 heavy (non-hydrogen) atoms. The summed E-state index contributed by atoms with van der Waals surface area (Å²) in [7, 11) is 3.29. The topological polar surface area (TPSA) is 94.4 Å². The van der Waals surface area contributed by atoms with E-state index in [0.29, 0.717) is 28.9 Å². The largest absolute Gasteiger partial charge is 0.493 e. The molecular weight excluding hydrogens is 516 g/mol. The molecule has 1 aliphatic heterocycles. The maximum absolute atomic E-state index is 14.1. The van der Waals surface area contributed by atoms with Crippen LogP contribution in [0.1, 0.15) is 62.3 Å². The zero-order chi connectivity index (χ0) is 28.8. The number of nitrogens with zero attached hydrogens (tertiary/aromatic N) is 5. The van der Waals surface area contributed by atoms with Crippen molar-refractivity contribution in [2.24, 2.45) is 0 Å². The van der Waals surface area contributed by atoms with Crippen molar-refractivity contribution in [3.8, 4) is 28.4 Å². The summed E-state index contributed by atoms with van der Waals surface area (Å²) in [4.78, 5) is 31.2. The Morgan fingerprint density at radius 1 is 1.10 bits per heavy atom. The van der Waals surface area contributed by atoms with Gasteiger partial charge in [0.1, 0.15) is 5.82 Å². The third-order valence-corrected chi connectivity index (χ3v) is 8.25. The molecule has 0 bridgehead atoms. The number of anilines is 1. The lowest BCUT2D eigenvalue weighted by molar-refractivity contribution is 0.356. The quantitative estimate of drug-likeness (QED) is 0.342. The Balaban J connectivity index is 1.75. The fourth-order valence-electron chi connectivity index (χ4n) is 6.00. The summed E-state index contributed by atoms with van der Waals surface area (Å²) in [5.41, 5.74) is 5.56. The number of aryl methyl sites for hydroxylation is 1. The highest BCUT2D eigenvalue weighted by Gasteiger charge is 2.32. The van der Waals surface area contributed by atoms with E-state index in [1.54, 1.807) is 25.0 Å². The van der Waals surface area contributed by atoms with Gasteiger partial charge in [0, 0.05) is 37.4 Å². The second-order valence-electron chi connectivity index (χ2n) is 11.4. The molecule has 1 aromatic carbocycles. The Morgan fingerprint density at radius 2 is 1.90 bits per heavy atom. The summed E-state index contributed by atoms with van der Waals surface area (Å²) < 4.78 is 13.2. The molecule has 0 amide bonds. The minimum Gasteiger partial charge on any atom is -0.493 e. The van der Waals surface area contributed by atoms with Crippen LogP contribution in [-0.2, 0) is 0 Å². The van der Waals surface area contributed by atoms with Crippen molar-refractivity contribution in [2.45, 2.75) is 58.4 Å². The van der Waals surface area contributed by atoms with Crippen molar-refractivity contribution in [3.05, 3.63) is 63.8 Å². The Kier molecular flexibility index (Phi) is 7.15. The number of aromatic nitrogens is 4. The summed E-state index contributed by atoms with van der Waals surface area (Å²) in [5.74, 6) is 2.45. The molecule has 1 N–H and O–H groups in total. The van der Waals surface area contributed by atoms with E-state index >= 15 is 0 Å². The number of benzene rings is 1. The third kappa shape index (κ3) is 4.72. The molecular formula is C32H38N6O3. The number of hydrogen-bond acceptors (Lipinski definition) is 8. The Morgan fingerprint density at radius 3 is 2.59 bits per heavy atom. The number of hydrogen-bond donors (Lipinski definition) is 1. The van der Waals surface area contributed by atoms with Gasteiger partial charge >= 0.3 is 5.69 Å². The highest BCUT2D eigenvalue weighted by Crippen LogP contribution is 2.48. The fourth-order valence-corrected chi connectivity index (χ4v) is 6.00. The lowest BCUT2D eigenvalue weighted by Gasteiger charge is -2.35. The van der Waals surface area contributed by atoms with Crippen LogP contribution in [0.4, 0.5) is 5.82 Å². The first-order valence-corrected chi connectivity index (χ1v) is 14.5. The lowest BCUT2D eigenvalue weighted by Crippen LogP contribution is -2.50.